The molecule has 8 heteroatoms. The van der Waals surface area contributed by atoms with Gasteiger partial charge in [-0.05, 0) is 91.4 Å². The van der Waals surface area contributed by atoms with Crippen molar-refractivity contribution in [2.45, 2.75) is 96.3 Å². The van der Waals surface area contributed by atoms with Crippen LogP contribution in [0.15, 0.2) is 0 Å². The summed E-state index contributed by atoms with van der Waals surface area (Å²) in [6, 6.07) is 0. The second kappa shape index (κ2) is 7.86. The van der Waals surface area contributed by atoms with Crippen LogP contribution >= 0.6 is 0 Å². The summed E-state index contributed by atoms with van der Waals surface area (Å²) in [4.78, 5) is 14.4. The van der Waals surface area contributed by atoms with Gasteiger partial charge in [0, 0.05) is 25.5 Å². The molecule has 0 N–H and O–H groups in total. The molecule has 5 aliphatic rings. The Labute approximate surface area is 193 Å². The van der Waals surface area contributed by atoms with Gasteiger partial charge >= 0.3 is 13.2 Å². The van der Waals surface area contributed by atoms with Crippen LogP contribution in [0.4, 0.5) is 4.79 Å². The molecule has 5 rings (SSSR count). The normalized spacial score (nSPS) is 35.9. The van der Waals surface area contributed by atoms with Gasteiger partial charge in [0.25, 0.3) is 0 Å². The minimum absolute atomic E-state index is 0.0289. The zero-order valence-corrected chi connectivity index (χ0v) is 21.3. The number of rotatable bonds is 6. The summed E-state index contributed by atoms with van der Waals surface area (Å²) in [5.41, 5.74) is -0.841. The Balaban J connectivity index is 1.41. The highest BCUT2D eigenvalue weighted by Crippen LogP contribution is 2.87. The van der Waals surface area contributed by atoms with E-state index in [2.05, 4.69) is 27.7 Å². The van der Waals surface area contributed by atoms with Gasteiger partial charge in [-0.2, -0.15) is 0 Å². The Morgan fingerprint density at radius 1 is 1.06 bits per heavy atom. The van der Waals surface area contributed by atoms with Crippen LogP contribution < -0.4 is 0 Å². The Morgan fingerprint density at radius 2 is 1.62 bits per heavy atom. The first kappa shape index (κ1) is 24.3. The first-order valence-electron chi connectivity index (χ1n) is 12.2. The number of piperidine rings is 1. The number of hydrogen-bond donors (Lipinski definition) is 0. The van der Waals surface area contributed by atoms with Crippen LogP contribution in [0.2, 0.25) is 5.31 Å². The van der Waals surface area contributed by atoms with E-state index < -0.39 is 5.60 Å². The number of ether oxygens (including phenoxy) is 3. The van der Waals surface area contributed by atoms with Crippen molar-refractivity contribution >= 4 is 13.2 Å². The summed E-state index contributed by atoms with van der Waals surface area (Å²) in [6.45, 7) is 16.7. The molecule has 0 unspecified atom stereocenters. The average Bonchev–Trinajstić information content (AvgIpc) is 2.84. The predicted molar refractivity (Wildman–Crippen MR) is 122 cm³/mol. The van der Waals surface area contributed by atoms with Crippen molar-refractivity contribution in [1.29, 1.82) is 0 Å². The number of methoxy groups -OCH3 is 1. The summed E-state index contributed by atoms with van der Waals surface area (Å²) in [5, 5.41) is 0.0289. The molecule has 2 heterocycles. The van der Waals surface area contributed by atoms with Crippen LogP contribution in [0.1, 0.15) is 74.1 Å². The van der Waals surface area contributed by atoms with E-state index in [-0.39, 0.29) is 35.1 Å². The van der Waals surface area contributed by atoms with Gasteiger partial charge in [-0.3, -0.25) is 0 Å². The highest BCUT2D eigenvalue weighted by Gasteiger charge is 2.83. The quantitative estimate of drug-likeness (QED) is 0.337. The average molecular weight is 451 g/mol. The minimum Gasteiger partial charge on any atom is -0.444 e. The Kier molecular flexibility index (Phi) is 5.97. The van der Waals surface area contributed by atoms with Crippen molar-refractivity contribution in [1.82, 2.24) is 4.90 Å². The molecule has 7 nitrogen and oxygen atoms in total. The van der Waals surface area contributed by atoms with Crippen molar-refractivity contribution in [2.75, 3.05) is 33.6 Å². The second-order valence-corrected chi connectivity index (χ2v) is 12.5. The van der Waals surface area contributed by atoms with E-state index >= 15 is 0 Å². The summed E-state index contributed by atoms with van der Waals surface area (Å²) in [5.74, 6) is 0.986. The Morgan fingerprint density at radius 3 is 2.12 bits per heavy atom. The molecule has 0 spiro atoms. The molecule has 1 atom stereocenters. The van der Waals surface area contributed by atoms with Crippen molar-refractivity contribution in [2.24, 2.45) is 17.3 Å². The molecule has 1 amide bonds. The lowest BCUT2D eigenvalue weighted by molar-refractivity contribution is -0.254. The van der Waals surface area contributed by atoms with E-state index in [1.165, 1.54) is 0 Å². The molecule has 0 aromatic heterocycles. The third-order valence-corrected chi connectivity index (χ3v) is 8.87. The topological polar surface area (TPSA) is 66.5 Å². The molecule has 0 radical (unpaired) electrons. The van der Waals surface area contributed by atoms with Crippen molar-refractivity contribution in [3.63, 3.8) is 0 Å². The smallest absolute Gasteiger partial charge is 0.444 e. The minimum atomic E-state index is -0.458. The van der Waals surface area contributed by atoms with Crippen molar-refractivity contribution in [3.8, 4) is 0 Å². The molecule has 2 saturated heterocycles. The van der Waals surface area contributed by atoms with E-state index in [4.69, 9.17) is 23.5 Å². The molecule has 0 aromatic rings. The zero-order valence-electron chi connectivity index (χ0n) is 21.3. The van der Waals surface area contributed by atoms with Gasteiger partial charge < -0.3 is 28.4 Å². The van der Waals surface area contributed by atoms with E-state index in [0.717, 1.165) is 38.8 Å². The van der Waals surface area contributed by atoms with Gasteiger partial charge in [-0.25, -0.2) is 4.79 Å². The Bertz CT molecular complexity index is 702. The number of carbonyl (C=O) groups excluding carboxylic acids is 1. The summed E-state index contributed by atoms with van der Waals surface area (Å²) in [7, 11) is 1.47. The predicted octanol–water partition coefficient (Wildman–Crippen LogP) is 4.50. The van der Waals surface area contributed by atoms with Crippen LogP contribution in [-0.2, 0) is 23.5 Å². The molecule has 2 aliphatic heterocycles. The molecule has 3 aliphatic carbocycles. The highest BCUT2D eigenvalue weighted by atomic mass is 16.7. The molecule has 32 heavy (non-hydrogen) atoms. The molecular formula is C24H42BNO6. The fourth-order valence-corrected chi connectivity index (χ4v) is 6.50. The van der Waals surface area contributed by atoms with E-state index in [0.29, 0.717) is 25.2 Å². The van der Waals surface area contributed by atoms with Gasteiger partial charge in [0.2, 0.25) is 0 Å². The standard InChI is InChI=1S/C24H42BNO6/c1-20(2,3)30-19(27)26-11-9-17(10-12-26)23-14-24(15-23,18(23)13-29-16-28-8)25-31-21(4,5)22(6,7)32-25/h17-18H,9-16H2,1-8H3/t18-,23?,24?/m0/s1. The first-order valence-corrected chi connectivity index (χ1v) is 12.2. The lowest BCUT2D eigenvalue weighted by Crippen LogP contribution is -2.75. The monoisotopic (exact) mass is 451 g/mol. The summed E-state index contributed by atoms with van der Waals surface area (Å²) in [6.07, 6.45) is 4.07. The number of nitrogens with zero attached hydrogens (tertiary/aromatic N) is 1. The largest absolute Gasteiger partial charge is 0.464 e. The molecule has 0 aromatic carbocycles. The van der Waals surface area contributed by atoms with E-state index in [1.807, 2.05) is 25.7 Å². The lowest BCUT2D eigenvalue weighted by atomic mass is 9.17. The summed E-state index contributed by atoms with van der Waals surface area (Å²) >= 11 is 0. The van der Waals surface area contributed by atoms with Gasteiger partial charge in [-0.15, -0.1) is 0 Å². The molecule has 5 fully saturated rings. The zero-order chi connectivity index (χ0) is 23.6. The maximum Gasteiger partial charge on any atom is 0.464 e. The van der Waals surface area contributed by atoms with Crippen LogP contribution in [0.5, 0.6) is 0 Å². The highest BCUT2D eigenvalue weighted by molar-refractivity contribution is 6.51. The number of likely N-dealkylation sites (tertiary alicyclic amines) is 1. The number of hydrogen-bond acceptors (Lipinski definition) is 6. The second-order valence-electron chi connectivity index (χ2n) is 12.5. The first-order chi connectivity index (χ1) is 14.8. The van der Waals surface area contributed by atoms with E-state index in [9.17, 15) is 4.79 Å². The SMILES string of the molecule is COCOC[C@@H]1C2(B3OC(C)(C)C(C)(C)O3)CC1(C1CCN(C(=O)OC(C)(C)C)CC1)C2. The van der Waals surface area contributed by atoms with Crippen LogP contribution in [0, 0.1) is 17.3 Å². The molecule has 3 saturated carbocycles. The molecule has 2 bridgehead atoms. The third-order valence-electron chi connectivity index (χ3n) is 8.87. The lowest BCUT2D eigenvalue weighted by Gasteiger charge is -2.79. The third kappa shape index (κ3) is 3.79. The fraction of sp³-hybridized carbons (Fsp3) is 0.958. The molecule has 182 valence electrons. The Hall–Kier alpha value is -0.825. The fourth-order valence-electron chi connectivity index (χ4n) is 6.50. The maximum absolute atomic E-state index is 12.5. The van der Waals surface area contributed by atoms with Gasteiger partial charge in [0.05, 0.1) is 17.8 Å². The maximum atomic E-state index is 12.5. The van der Waals surface area contributed by atoms with E-state index in [1.54, 1.807) is 7.11 Å². The number of amides is 1. The van der Waals surface area contributed by atoms with Gasteiger partial charge in [0.1, 0.15) is 12.4 Å². The van der Waals surface area contributed by atoms with Gasteiger partial charge in [-0.1, -0.05) is 0 Å². The van der Waals surface area contributed by atoms with Crippen molar-refractivity contribution in [3.05, 3.63) is 0 Å². The van der Waals surface area contributed by atoms with Crippen LogP contribution in [0.25, 0.3) is 0 Å². The van der Waals surface area contributed by atoms with Crippen LogP contribution in [-0.4, -0.2) is 68.5 Å². The van der Waals surface area contributed by atoms with Gasteiger partial charge in [0.15, 0.2) is 0 Å². The summed E-state index contributed by atoms with van der Waals surface area (Å²) < 4.78 is 29.6. The number of carbonyl (C=O) groups is 1. The molecular weight excluding hydrogens is 409 g/mol. The van der Waals surface area contributed by atoms with Crippen molar-refractivity contribution < 1.29 is 28.3 Å². The van der Waals surface area contributed by atoms with Crippen LogP contribution in [0.3, 0.4) is 0 Å².